The number of hydrogen-bond donors (Lipinski definition) is 1. The van der Waals surface area contributed by atoms with Crippen molar-refractivity contribution in [1.29, 1.82) is 5.26 Å². The number of nitrogens with zero attached hydrogens (tertiary/aromatic N) is 4. The van der Waals surface area contributed by atoms with E-state index in [1.54, 1.807) is 4.57 Å². The highest BCUT2D eigenvalue weighted by Gasteiger charge is 2.34. The number of carbonyl (C=O) groups is 1. The van der Waals surface area contributed by atoms with Gasteiger partial charge in [-0.3, -0.25) is 14.9 Å². The minimum absolute atomic E-state index is 0.0751. The Labute approximate surface area is 121 Å². The van der Waals surface area contributed by atoms with E-state index in [9.17, 15) is 14.9 Å². The van der Waals surface area contributed by atoms with Crippen molar-refractivity contribution >= 4 is 11.6 Å². The summed E-state index contributed by atoms with van der Waals surface area (Å²) in [6, 6.07) is 3.05. The number of nitriles is 1. The minimum atomic E-state index is -0.534. The molecular weight excluding hydrogens is 274 g/mol. The SMILES string of the molecule is N#CC1CNCCN1C(=O)c1cc([N+](=O)[O-])cn1C1CC1. The van der Waals surface area contributed by atoms with E-state index >= 15 is 0 Å². The molecule has 8 heteroatoms. The molecule has 21 heavy (non-hydrogen) atoms. The standard InChI is InChI=1S/C13H15N5O3/c14-6-11-7-15-3-4-16(11)13(19)12-5-10(18(20)21)8-17(12)9-1-2-9/h5,8-9,11,15H,1-4,7H2. The maximum atomic E-state index is 12.7. The number of carbonyl (C=O) groups excluding carboxylic acids is 1. The molecule has 2 aliphatic rings. The summed E-state index contributed by atoms with van der Waals surface area (Å²) in [6.07, 6.45) is 3.28. The second-order valence-electron chi connectivity index (χ2n) is 5.33. The fourth-order valence-electron chi connectivity index (χ4n) is 2.60. The zero-order valence-corrected chi connectivity index (χ0v) is 11.4. The van der Waals surface area contributed by atoms with Crippen LogP contribution in [0.4, 0.5) is 5.69 Å². The van der Waals surface area contributed by atoms with Gasteiger partial charge in [-0.1, -0.05) is 0 Å². The summed E-state index contributed by atoms with van der Waals surface area (Å²) in [7, 11) is 0. The fourth-order valence-corrected chi connectivity index (χ4v) is 2.60. The molecule has 2 fully saturated rings. The molecule has 1 aromatic rings. The molecule has 1 aliphatic carbocycles. The summed E-state index contributed by atoms with van der Waals surface area (Å²) in [5.74, 6) is -0.303. The van der Waals surface area contributed by atoms with Gasteiger partial charge in [0.1, 0.15) is 11.7 Å². The molecule has 1 saturated heterocycles. The van der Waals surface area contributed by atoms with E-state index in [0.29, 0.717) is 25.3 Å². The lowest BCUT2D eigenvalue weighted by atomic mass is 10.2. The molecule has 1 saturated carbocycles. The number of amides is 1. The third kappa shape index (κ3) is 2.48. The van der Waals surface area contributed by atoms with Crippen LogP contribution >= 0.6 is 0 Å². The molecule has 0 aromatic carbocycles. The molecule has 1 unspecified atom stereocenters. The summed E-state index contributed by atoms with van der Waals surface area (Å²) >= 11 is 0. The molecule has 110 valence electrons. The van der Waals surface area contributed by atoms with Crippen molar-refractivity contribution in [2.24, 2.45) is 0 Å². The maximum Gasteiger partial charge on any atom is 0.287 e. The van der Waals surface area contributed by atoms with Gasteiger partial charge in [-0.2, -0.15) is 5.26 Å². The maximum absolute atomic E-state index is 12.7. The van der Waals surface area contributed by atoms with E-state index in [4.69, 9.17) is 5.26 Å². The highest BCUT2D eigenvalue weighted by molar-refractivity contribution is 5.94. The van der Waals surface area contributed by atoms with E-state index in [1.165, 1.54) is 17.2 Å². The predicted octanol–water partition coefficient (Wildman–Crippen LogP) is 0.669. The number of rotatable bonds is 3. The van der Waals surface area contributed by atoms with Gasteiger partial charge in [0.25, 0.3) is 11.6 Å². The number of piperazine rings is 1. The predicted molar refractivity (Wildman–Crippen MR) is 72.7 cm³/mol. The second-order valence-corrected chi connectivity index (χ2v) is 5.33. The van der Waals surface area contributed by atoms with Gasteiger partial charge < -0.3 is 14.8 Å². The van der Waals surface area contributed by atoms with Crippen molar-refractivity contribution in [3.63, 3.8) is 0 Å². The lowest BCUT2D eigenvalue weighted by Gasteiger charge is -2.32. The average Bonchev–Trinajstić information content (AvgIpc) is 3.24. The Morgan fingerprint density at radius 2 is 2.29 bits per heavy atom. The molecule has 1 atom stereocenters. The van der Waals surface area contributed by atoms with Crippen molar-refractivity contribution in [3.8, 4) is 6.07 Å². The molecule has 1 aliphatic heterocycles. The van der Waals surface area contributed by atoms with Gasteiger partial charge in [0.2, 0.25) is 0 Å². The third-order valence-electron chi connectivity index (χ3n) is 3.86. The summed E-state index contributed by atoms with van der Waals surface area (Å²) in [5, 5.41) is 23.1. The first-order chi connectivity index (χ1) is 10.1. The molecule has 0 bridgehead atoms. The van der Waals surface area contributed by atoms with Crippen LogP contribution in [0.15, 0.2) is 12.3 Å². The van der Waals surface area contributed by atoms with Crippen LogP contribution in [-0.4, -0.2) is 46.0 Å². The zero-order valence-electron chi connectivity index (χ0n) is 11.4. The number of nitrogens with one attached hydrogen (secondary N) is 1. The molecule has 0 radical (unpaired) electrons. The van der Waals surface area contributed by atoms with Crippen LogP contribution in [0.1, 0.15) is 29.4 Å². The highest BCUT2D eigenvalue weighted by atomic mass is 16.6. The number of hydrogen-bond acceptors (Lipinski definition) is 5. The molecule has 1 amide bonds. The van der Waals surface area contributed by atoms with Gasteiger partial charge in [-0.05, 0) is 12.8 Å². The molecule has 2 heterocycles. The summed E-state index contributed by atoms with van der Waals surface area (Å²) in [5.41, 5.74) is 0.236. The molecule has 0 spiro atoms. The van der Waals surface area contributed by atoms with Crippen LogP contribution in [0.25, 0.3) is 0 Å². The van der Waals surface area contributed by atoms with Gasteiger partial charge in [0.15, 0.2) is 0 Å². The van der Waals surface area contributed by atoms with Crippen LogP contribution in [0.5, 0.6) is 0 Å². The molecule has 1 N–H and O–H groups in total. The second kappa shape index (κ2) is 5.18. The zero-order chi connectivity index (χ0) is 15.0. The Hall–Kier alpha value is -2.40. The highest BCUT2D eigenvalue weighted by Crippen LogP contribution is 2.38. The van der Waals surface area contributed by atoms with Crippen molar-refractivity contribution in [1.82, 2.24) is 14.8 Å². The average molecular weight is 289 g/mol. The summed E-state index contributed by atoms with van der Waals surface area (Å²) in [4.78, 5) is 24.6. The molecule has 3 rings (SSSR count). The van der Waals surface area contributed by atoms with Crippen LogP contribution < -0.4 is 5.32 Å². The fraction of sp³-hybridized carbons (Fsp3) is 0.538. The van der Waals surface area contributed by atoms with Crippen molar-refractivity contribution < 1.29 is 9.72 Å². The lowest BCUT2D eigenvalue weighted by molar-refractivity contribution is -0.384. The smallest absolute Gasteiger partial charge is 0.287 e. The van der Waals surface area contributed by atoms with Gasteiger partial charge in [0, 0.05) is 31.7 Å². The minimum Gasteiger partial charge on any atom is -0.334 e. The van der Waals surface area contributed by atoms with E-state index in [0.717, 1.165) is 12.8 Å². The van der Waals surface area contributed by atoms with Gasteiger partial charge in [0.05, 0.1) is 17.2 Å². The number of aromatic nitrogens is 1. The van der Waals surface area contributed by atoms with E-state index < -0.39 is 11.0 Å². The first-order valence-electron chi connectivity index (χ1n) is 6.89. The largest absolute Gasteiger partial charge is 0.334 e. The van der Waals surface area contributed by atoms with Crippen molar-refractivity contribution in [3.05, 3.63) is 28.1 Å². The Kier molecular flexibility index (Phi) is 3.35. The third-order valence-corrected chi connectivity index (χ3v) is 3.86. The van der Waals surface area contributed by atoms with Gasteiger partial charge in [-0.25, -0.2) is 0 Å². The Morgan fingerprint density at radius 3 is 2.90 bits per heavy atom. The molecule has 1 aromatic heterocycles. The topological polar surface area (TPSA) is 104 Å². The molecule has 8 nitrogen and oxygen atoms in total. The monoisotopic (exact) mass is 289 g/mol. The van der Waals surface area contributed by atoms with Crippen LogP contribution in [0.3, 0.4) is 0 Å². The Morgan fingerprint density at radius 1 is 1.52 bits per heavy atom. The Bertz CT molecular complexity index is 628. The summed E-state index contributed by atoms with van der Waals surface area (Å²) < 4.78 is 1.69. The first kappa shape index (κ1) is 13.6. The van der Waals surface area contributed by atoms with E-state index in [2.05, 4.69) is 11.4 Å². The van der Waals surface area contributed by atoms with Gasteiger partial charge >= 0.3 is 0 Å². The lowest BCUT2D eigenvalue weighted by Crippen LogP contribution is -2.53. The Balaban J connectivity index is 1.93. The van der Waals surface area contributed by atoms with Crippen molar-refractivity contribution in [2.75, 3.05) is 19.6 Å². The van der Waals surface area contributed by atoms with E-state index in [-0.39, 0.29) is 17.6 Å². The first-order valence-corrected chi connectivity index (χ1v) is 6.89. The normalized spacial score (nSPS) is 21.9. The van der Waals surface area contributed by atoms with E-state index in [1.807, 2.05) is 0 Å². The quantitative estimate of drug-likeness (QED) is 0.650. The summed E-state index contributed by atoms with van der Waals surface area (Å²) in [6.45, 7) is 1.48. The van der Waals surface area contributed by atoms with Crippen molar-refractivity contribution in [2.45, 2.75) is 24.9 Å². The van der Waals surface area contributed by atoms with Gasteiger partial charge in [-0.15, -0.1) is 0 Å². The molecular formula is C13H15N5O3. The van der Waals surface area contributed by atoms with Crippen LogP contribution in [0.2, 0.25) is 0 Å². The van der Waals surface area contributed by atoms with Crippen LogP contribution in [-0.2, 0) is 0 Å². The van der Waals surface area contributed by atoms with Crippen LogP contribution in [0, 0.1) is 21.4 Å². The number of nitro groups is 1.